The average molecular weight is 350 g/mol. The largest absolute Gasteiger partial charge is 0.480 e. The van der Waals surface area contributed by atoms with Crippen molar-refractivity contribution in [2.24, 2.45) is 0 Å². The summed E-state index contributed by atoms with van der Waals surface area (Å²) in [6.45, 7) is 1.73. The molecule has 0 fully saturated rings. The second-order valence-electron chi connectivity index (χ2n) is 4.48. The van der Waals surface area contributed by atoms with Gasteiger partial charge in [0, 0.05) is 0 Å². The molecule has 1 aromatic carbocycles. The van der Waals surface area contributed by atoms with Gasteiger partial charge >= 0.3 is 5.97 Å². The number of carbonyl (C=O) groups is 1. The fourth-order valence-corrected chi connectivity index (χ4v) is 3.82. The highest BCUT2D eigenvalue weighted by Gasteiger charge is 2.25. The Morgan fingerprint density at radius 1 is 1.18 bits per heavy atom. The van der Waals surface area contributed by atoms with Gasteiger partial charge in [-0.2, -0.15) is 4.72 Å². The van der Waals surface area contributed by atoms with Crippen molar-refractivity contribution >= 4 is 26.0 Å². The highest BCUT2D eigenvalue weighted by molar-refractivity contribution is 7.90. The first kappa shape index (κ1) is 18.6. The van der Waals surface area contributed by atoms with Gasteiger partial charge in [0.15, 0.2) is 0 Å². The van der Waals surface area contributed by atoms with E-state index in [2.05, 4.69) is 9.44 Å². The monoisotopic (exact) mass is 350 g/mol. The lowest BCUT2D eigenvalue weighted by Crippen LogP contribution is -2.40. The van der Waals surface area contributed by atoms with E-state index in [-0.39, 0.29) is 16.2 Å². The third-order valence-corrected chi connectivity index (χ3v) is 5.75. The lowest BCUT2D eigenvalue weighted by atomic mass is 10.2. The fourth-order valence-electron chi connectivity index (χ4n) is 1.70. The minimum absolute atomic E-state index is 0.128. The SMILES string of the molecule is CCCC(NS(=O)(=O)c1cccc(S(=O)(=O)NC)c1)C(=O)O. The van der Waals surface area contributed by atoms with E-state index in [0.29, 0.717) is 6.42 Å². The maximum atomic E-state index is 12.2. The maximum Gasteiger partial charge on any atom is 0.321 e. The molecule has 0 spiro atoms. The van der Waals surface area contributed by atoms with Crippen LogP contribution in [0, 0.1) is 0 Å². The summed E-state index contributed by atoms with van der Waals surface area (Å²) in [6.07, 6.45) is 0.608. The predicted molar refractivity (Wildman–Crippen MR) is 79.3 cm³/mol. The van der Waals surface area contributed by atoms with Gasteiger partial charge < -0.3 is 5.11 Å². The molecule has 10 heteroatoms. The van der Waals surface area contributed by atoms with Crippen LogP contribution in [0.15, 0.2) is 34.1 Å². The van der Waals surface area contributed by atoms with E-state index in [4.69, 9.17) is 5.11 Å². The first-order chi connectivity index (χ1) is 10.1. The summed E-state index contributed by atoms with van der Waals surface area (Å²) in [5, 5.41) is 9.00. The summed E-state index contributed by atoms with van der Waals surface area (Å²) >= 11 is 0. The summed E-state index contributed by atoms with van der Waals surface area (Å²) in [6, 6.07) is 3.42. The standard InChI is InChI=1S/C12H18N2O6S2/c1-3-5-11(12(15)16)14-22(19,20)10-7-4-6-9(8-10)21(17,18)13-2/h4,6-8,11,13-14H,3,5H2,1-2H3,(H,15,16). The van der Waals surface area contributed by atoms with Gasteiger partial charge in [-0.15, -0.1) is 0 Å². The fraction of sp³-hybridized carbons (Fsp3) is 0.417. The van der Waals surface area contributed by atoms with E-state index < -0.39 is 32.1 Å². The van der Waals surface area contributed by atoms with Crippen LogP contribution in [0.3, 0.4) is 0 Å². The Morgan fingerprint density at radius 2 is 1.73 bits per heavy atom. The molecule has 0 bridgehead atoms. The van der Waals surface area contributed by atoms with Crippen LogP contribution in [0.4, 0.5) is 0 Å². The summed E-state index contributed by atoms with van der Waals surface area (Å²) in [7, 11) is -6.73. The van der Waals surface area contributed by atoms with Crippen molar-refractivity contribution in [1.29, 1.82) is 0 Å². The number of carboxylic acids is 1. The Balaban J connectivity index is 3.19. The molecule has 1 atom stereocenters. The first-order valence-electron chi connectivity index (χ1n) is 6.42. The van der Waals surface area contributed by atoms with E-state index in [9.17, 15) is 21.6 Å². The van der Waals surface area contributed by atoms with Gasteiger partial charge in [-0.05, 0) is 31.7 Å². The second kappa shape index (κ2) is 7.18. The third kappa shape index (κ3) is 4.50. The smallest absolute Gasteiger partial charge is 0.321 e. The van der Waals surface area contributed by atoms with Crippen molar-refractivity contribution in [2.75, 3.05) is 7.05 Å². The van der Waals surface area contributed by atoms with E-state index in [1.807, 2.05) is 0 Å². The molecule has 1 aromatic rings. The Morgan fingerprint density at radius 3 is 2.18 bits per heavy atom. The van der Waals surface area contributed by atoms with E-state index >= 15 is 0 Å². The van der Waals surface area contributed by atoms with Crippen LogP contribution in [0.5, 0.6) is 0 Å². The van der Waals surface area contributed by atoms with Gasteiger partial charge in [-0.3, -0.25) is 4.79 Å². The van der Waals surface area contributed by atoms with Crippen molar-refractivity contribution in [2.45, 2.75) is 35.6 Å². The topological polar surface area (TPSA) is 130 Å². The number of nitrogens with one attached hydrogen (secondary N) is 2. The number of hydrogen-bond donors (Lipinski definition) is 3. The summed E-state index contributed by atoms with van der Waals surface area (Å²) in [5.41, 5.74) is 0. The molecule has 0 saturated heterocycles. The molecule has 124 valence electrons. The molecule has 0 aliphatic carbocycles. The lowest BCUT2D eigenvalue weighted by molar-refractivity contribution is -0.139. The molecule has 1 rings (SSSR count). The van der Waals surface area contributed by atoms with Crippen LogP contribution >= 0.6 is 0 Å². The van der Waals surface area contributed by atoms with E-state index in [1.165, 1.54) is 25.2 Å². The van der Waals surface area contributed by atoms with Crippen LogP contribution in [-0.2, 0) is 24.8 Å². The Kier molecular flexibility index (Phi) is 6.06. The number of aliphatic carboxylic acids is 1. The Hall–Kier alpha value is -1.49. The first-order valence-corrected chi connectivity index (χ1v) is 9.39. The molecule has 0 heterocycles. The zero-order chi connectivity index (χ0) is 17.0. The van der Waals surface area contributed by atoms with Gasteiger partial charge in [0.1, 0.15) is 6.04 Å². The molecule has 0 radical (unpaired) electrons. The van der Waals surface area contributed by atoms with Crippen LogP contribution in [0.2, 0.25) is 0 Å². The molecule has 0 aromatic heterocycles. The van der Waals surface area contributed by atoms with Crippen LogP contribution < -0.4 is 9.44 Å². The quantitative estimate of drug-likeness (QED) is 0.611. The summed E-state index contributed by atoms with van der Waals surface area (Å²) in [5.74, 6) is -1.29. The van der Waals surface area contributed by atoms with Crippen molar-refractivity contribution in [3.8, 4) is 0 Å². The molecule has 8 nitrogen and oxygen atoms in total. The Labute approximate surface area is 129 Å². The van der Waals surface area contributed by atoms with Crippen molar-refractivity contribution < 1.29 is 26.7 Å². The molecule has 0 amide bonds. The zero-order valence-corrected chi connectivity index (χ0v) is 13.7. The van der Waals surface area contributed by atoms with Gasteiger partial charge in [-0.1, -0.05) is 19.4 Å². The summed E-state index contributed by atoms with van der Waals surface area (Å²) < 4.78 is 51.9. The number of carboxylic acid groups (broad SMARTS) is 1. The van der Waals surface area contributed by atoms with Crippen molar-refractivity contribution in [3.63, 3.8) is 0 Å². The second-order valence-corrected chi connectivity index (χ2v) is 8.08. The van der Waals surface area contributed by atoms with E-state index in [0.717, 1.165) is 6.07 Å². The number of sulfonamides is 2. The molecule has 0 aliphatic heterocycles. The van der Waals surface area contributed by atoms with Crippen LogP contribution in [0.25, 0.3) is 0 Å². The van der Waals surface area contributed by atoms with Crippen molar-refractivity contribution in [1.82, 2.24) is 9.44 Å². The minimum Gasteiger partial charge on any atom is -0.480 e. The van der Waals surface area contributed by atoms with Gasteiger partial charge in [0.05, 0.1) is 9.79 Å². The van der Waals surface area contributed by atoms with Crippen LogP contribution in [-0.4, -0.2) is 41.0 Å². The van der Waals surface area contributed by atoms with Gasteiger partial charge in [0.25, 0.3) is 0 Å². The molecule has 0 saturated carbocycles. The summed E-state index contributed by atoms with van der Waals surface area (Å²) in [4.78, 5) is 10.5. The normalized spacial score (nSPS) is 13.7. The lowest BCUT2D eigenvalue weighted by Gasteiger charge is -2.14. The highest BCUT2D eigenvalue weighted by Crippen LogP contribution is 2.16. The maximum absolute atomic E-state index is 12.2. The van der Waals surface area contributed by atoms with E-state index in [1.54, 1.807) is 6.92 Å². The van der Waals surface area contributed by atoms with Crippen LogP contribution in [0.1, 0.15) is 19.8 Å². The molecule has 0 aliphatic rings. The number of benzene rings is 1. The highest BCUT2D eigenvalue weighted by atomic mass is 32.2. The molecule has 1 unspecified atom stereocenters. The van der Waals surface area contributed by atoms with Crippen molar-refractivity contribution in [3.05, 3.63) is 24.3 Å². The van der Waals surface area contributed by atoms with Gasteiger partial charge in [0.2, 0.25) is 20.0 Å². The minimum atomic E-state index is -4.14. The Bertz CT molecular complexity index is 743. The van der Waals surface area contributed by atoms with Gasteiger partial charge in [-0.25, -0.2) is 21.6 Å². The number of hydrogen-bond acceptors (Lipinski definition) is 5. The predicted octanol–water partition coefficient (Wildman–Crippen LogP) is 0.126. The molecular formula is C12H18N2O6S2. The molecule has 22 heavy (non-hydrogen) atoms. The molecule has 3 N–H and O–H groups in total. The average Bonchev–Trinajstić information content (AvgIpc) is 2.46. The zero-order valence-electron chi connectivity index (χ0n) is 12.1. The molecular weight excluding hydrogens is 332 g/mol. The number of rotatable bonds is 8. The third-order valence-electron chi connectivity index (χ3n) is 2.87.